The maximum Gasteiger partial charge on any atom is 0.346 e. The van der Waals surface area contributed by atoms with E-state index in [1.807, 2.05) is 6.92 Å². The number of fused-ring (bicyclic) bond motifs is 3. The lowest BCUT2D eigenvalue weighted by Crippen LogP contribution is -2.43. The van der Waals surface area contributed by atoms with Gasteiger partial charge in [-0.1, -0.05) is 0 Å². The summed E-state index contributed by atoms with van der Waals surface area (Å²) < 4.78 is 5.86. The highest BCUT2D eigenvalue weighted by Crippen LogP contribution is 2.37. The quantitative estimate of drug-likeness (QED) is 0.915. The molecule has 0 radical (unpaired) electrons. The van der Waals surface area contributed by atoms with Gasteiger partial charge in [-0.25, -0.2) is 14.8 Å². The molecule has 2 fully saturated rings. The Bertz CT molecular complexity index is 718. The van der Waals surface area contributed by atoms with Crippen LogP contribution in [0.4, 0.5) is 5.82 Å². The minimum Gasteiger partial charge on any atom is -0.477 e. The fraction of sp³-hybridized carbons (Fsp3) is 0.500. The summed E-state index contributed by atoms with van der Waals surface area (Å²) in [6.07, 6.45) is 4.26. The summed E-state index contributed by atoms with van der Waals surface area (Å²) in [4.78, 5) is 23.3. The van der Waals surface area contributed by atoms with Crippen LogP contribution in [0.5, 0.6) is 0 Å². The van der Waals surface area contributed by atoms with Gasteiger partial charge < -0.3 is 14.7 Å². The number of carbonyl (C=O) groups is 1. The van der Waals surface area contributed by atoms with E-state index in [1.54, 1.807) is 0 Å². The van der Waals surface area contributed by atoms with Gasteiger partial charge in [0, 0.05) is 13.1 Å². The number of ether oxygens (including phenoxy) is 1. The summed E-state index contributed by atoms with van der Waals surface area (Å²) >= 11 is 1.22. The Kier molecular flexibility index (Phi) is 2.87. The van der Waals surface area contributed by atoms with E-state index in [9.17, 15) is 9.90 Å². The third kappa shape index (κ3) is 1.99. The molecule has 6 nitrogen and oxygen atoms in total. The summed E-state index contributed by atoms with van der Waals surface area (Å²) in [5.41, 5.74) is 0.761. The zero-order valence-corrected chi connectivity index (χ0v) is 12.4. The lowest BCUT2D eigenvalue weighted by atomic mass is 10.2. The van der Waals surface area contributed by atoms with E-state index < -0.39 is 5.97 Å². The SMILES string of the molecule is Cc1c(C(=O)O)sc2ncnc(N3CC4CCC(C3)O4)c12. The molecule has 2 aliphatic heterocycles. The van der Waals surface area contributed by atoms with Gasteiger partial charge >= 0.3 is 5.97 Å². The number of rotatable bonds is 2. The number of thiophene rings is 1. The molecule has 0 saturated carbocycles. The number of nitrogens with zero attached hydrogens (tertiary/aromatic N) is 3. The molecule has 2 atom stereocenters. The van der Waals surface area contributed by atoms with Crippen LogP contribution >= 0.6 is 11.3 Å². The van der Waals surface area contributed by atoms with Crippen LogP contribution in [0.1, 0.15) is 28.1 Å². The van der Waals surface area contributed by atoms with Crippen LogP contribution in [0.15, 0.2) is 6.33 Å². The number of hydrogen-bond acceptors (Lipinski definition) is 6. The van der Waals surface area contributed by atoms with E-state index in [-0.39, 0.29) is 12.2 Å². The van der Waals surface area contributed by atoms with Gasteiger partial charge in [0.25, 0.3) is 0 Å². The molecule has 0 aliphatic carbocycles. The number of carboxylic acids is 1. The molecule has 0 aromatic carbocycles. The van der Waals surface area contributed by atoms with E-state index in [4.69, 9.17) is 4.74 Å². The van der Waals surface area contributed by atoms with Crippen LogP contribution in [0.3, 0.4) is 0 Å². The van der Waals surface area contributed by atoms with Crippen molar-refractivity contribution in [3.05, 3.63) is 16.8 Å². The second-order valence-corrected chi connectivity index (χ2v) is 6.60. The second-order valence-electron chi connectivity index (χ2n) is 5.60. The van der Waals surface area contributed by atoms with Crippen molar-refractivity contribution in [1.82, 2.24) is 9.97 Å². The van der Waals surface area contributed by atoms with E-state index >= 15 is 0 Å². The van der Waals surface area contributed by atoms with Gasteiger partial charge in [-0.15, -0.1) is 11.3 Å². The number of carboxylic acid groups (broad SMARTS) is 1. The van der Waals surface area contributed by atoms with Crippen molar-refractivity contribution in [2.75, 3.05) is 18.0 Å². The first kappa shape index (κ1) is 13.0. The third-order valence-electron chi connectivity index (χ3n) is 4.24. The largest absolute Gasteiger partial charge is 0.477 e. The second kappa shape index (κ2) is 4.64. The fourth-order valence-corrected chi connectivity index (χ4v) is 4.27. The van der Waals surface area contributed by atoms with Crippen LogP contribution in [-0.2, 0) is 4.74 Å². The van der Waals surface area contributed by atoms with Gasteiger partial charge in [0.15, 0.2) is 0 Å². The molecule has 7 heteroatoms. The molecule has 2 aromatic rings. The molecule has 2 bridgehead atoms. The normalized spacial score (nSPS) is 24.7. The number of hydrogen-bond donors (Lipinski definition) is 1. The highest BCUT2D eigenvalue weighted by atomic mass is 32.1. The number of aryl methyl sites for hydroxylation is 1. The Morgan fingerprint density at radius 2 is 2.10 bits per heavy atom. The van der Waals surface area contributed by atoms with Crippen molar-refractivity contribution in [3.63, 3.8) is 0 Å². The summed E-state index contributed by atoms with van der Waals surface area (Å²) in [6, 6.07) is 0. The van der Waals surface area contributed by atoms with Crippen LogP contribution in [0.2, 0.25) is 0 Å². The molecule has 1 N–H and O–H groups in total. The third-order valence-corrected chi connectivity index (χ3v) is 5.43. The molecule has 2 saturated heterocycles. The van der Waals surface area contributed by atoms with Crippen LogP contribution in [0.25, 0.3) is 10.2 Å². The average molecular weight is 305 g/mol. The van der Waals surface area contributed by atoms with Crippen molar-refractivity contribution in [2.24, 2.45) is 0 Å². The monoisotopic (exact) mass is 305 g/mol. The smallest absolute Gasteiger partial charge is 0.346 e. The van der Waals surface area contributed by atoms with E-state index in [2.05, 4.69) is 14.9 Å². The first-order valence-electron chi connectivity index (χ1n) is 7.01. The van der Waals surface area contributed by atoms with Crippen LogP contribution in [-0.4, -0.2) is 46.3 Å². The molecule has 110 valence electrons. The molecule has 2 aliphatic rings. The van der Waals surface area contributed by atoms with Crippen LogP contribution in [0, 0.1) is 6.92 Å². The highest BCUT2D eigenvalue weighted by molar-refractivity contribution is 7.20. The lowest BCUT2D eigenvalue weighted by Gasteiger charge is -2.33. The summed E-state index contributed by atoms with van der Waals surface area (Å²) in [5.74, 6) is -0.0510. The maximum atomic E-state index is 11.3. The standard InChI is InChI=1S/C14H15N3O3S/c1-7-10-12(17-4-8-2-3-9(5-17)20-8)15-6-16-13(10)21-11(7)14(18)19/h6,8-9H,2-5H2,1H3,(H,18,19). The summed E-state index contributed by atoms with van der Waals surface area (Å²) in [7, 11) is 0. The fourth-order valence-electron chi connectivity index (χ4n) is 3.28. The maximum absolute atomic E-state index is 11.3. The van der Waals surface area contributed by atoms with Gasteiger partial charge in [0.05, 0.1) is 17.6 Å². The summed E-state index contributed by atoms with van der Waals surface area (Å²) in [5, 5.41) is 10.2. The number of aromatic carboxylic acids is 1. The average Bonchev–Trinajstić information content (AvgIpc) is 2.99. The van der Waals surface area contributed by atoms with Crippen molar-refractivity contribution in [2.45, 2.75) is 32.0 Å². The van der Waals surface area contributed by atoms with Gasteiger partial charge in [-0.3, -0.25) is 0 Å². The Hall–Kier alpha value is -1.73. The molecule has 0 spiro atoms. The number of morpholine rings is 1. The Morgan fingerprint density at radius 1 is 1.38 bits per heavy atom. The van der Waals surface area contributed by atoms with Gasteiger partial charge in [-0.2, -0.15) is 0 Å². The molecule has 2 unspecified atom stereocenters. The topological polar surface area (TPSA) is 75.5 Å². The Labute approximate surface area is 125 Å². The van der Waals surface area contributed by atoms with Crippen molar-refractivity contribution >= 4 is 33.3 Å². The minimum absolute atomic E-state index is 0.270. The van der Waals surface area contributed by atoms with E-state index in [0.717, 1.165) is 47.5 Å². The van der Waals surface area contributed by atoms with Crippen molar-refractivity contribution in [1.29, 1.82) is 0 Å². The first-order valence-corrected chi connectivity index (χ1v) is 7.83. The number of anilines is 1. The van der Waals surface area contributed by atoms with E-state index in [0.29, 0.717) is 4.88 Å². The Balaban J connectivity index is 1.83. The predicted octanol–water partition coefficient (Wildman–Crippen LogP) is 2.07. The van der Waals surface area contributed by atoms with E-state index in [1.165, 1.54) is 17.7 Å². The molecule has 2 aromatic heterocycles. The molecule has 0 amide bonds. The van der Waals surface area contributed by atoms with Gasteiger partial charge in [-0.05, 0) is 25.3 Å². The highest BCUT2D eigenvalue weighted by Gasteiger charge is 2.35. The summed E-state index contributed by atoms with van der Waals surface area (Å²) in [6.45, 7) is 3.48. The first-order chi connectivity index (χ1) is 10.1. The Morgan fingerprint density at radius 3 is 2.76 bits per heavy atom. The molecule has 21 heavy (non-hydrogen) atoms. The van der Waals surface area contributed by atoms with Gasteiger partial charge in [0.1, 0.15) is 21.9 Å². The predicted molar refractivity (Wildman–Crippen MR) is 79.2 cm³/mol. The van der Waals surface area contributed by atoms with Gasteiger partial charge in [0.2, 0.25) is 0 Å². The zero-order valence-electron chi connectivity index (χ0n) is 11.6. The lowest BCUT2D eigenvalue weighted by molar-refractivity contribution is 0.0303. The van der Waals surface area contributed by atoms with Crippen LogP contribution < -0.4 is 4.90 Å². The molecule has 4 rings (SSSR count). The molecule has 4 heterocycles. The molecular weight excluding hydrogens is 290 g/mol. The van der Waals surface area contributed by atoms with Crippen molar-refractivity contribution < 1.29 is 14.6 Å². The minimum atomic E-state index is -0.900. The zero-order chi connectivity index (χ0) is 14.6. The molecular formula is C14H15N3O3S. The number of aromatic nitrogens is 2. The van der Waals surface area contributed by atoms with Crippen molar-refractivity contribution in [3.8, 4) is 0 Å².